The Morgan fingerprint density at radius 2 is 1.83 bits per heavy atom. The number of nitrogens with zero attached hydrogens (tertiary/aromatic N) is 1. The van der Waals surface area contributed by atoms with Gasteiger partial charge in [0.1, 0.15) is 0 Å². The Bertz CT molecular complexity index is 1140. The van der Waals surface area contributed by atoms with Crippen LogP contribution in [0.15, 0.2) is 24.3 Å². The van der Waals surface area contributed by atoms with Crippen LogP contribution in [0.5, 0.6) is 23.0 Å². The van der Waals surface area contributed by atoms with Gasteiger partial charge in [-0.15, -0.1) is 11.6 Å². The standard InChI is InChI=1S/C30H36ClNO4/c1-33-25-11-10-22-16-24-23-18-27-26(35-19-36-27)17-21(23)12-14-32(24)29(20-8-4-5-9-20)28(22)30(25)34-15-7-3-2-6-13-31/h10-11,16-18,20,29H,2-9,12-15,19H2,1H3/t29-/m0/s1. The number of fused-ring (bicyclic) bond motifs is 5. The minimum absolute atomic E-state index is 0.294. The lowest BCUT2D eigenvalue weighted by molar-refractivity contribution is 0.174. The average molecular weight is 510 g/mol. The second-order valence-electron chi connectivity index (χ2n) is 10.4. The summed E-state index contributed by atoms with van der Waals surface area (Å²) in [6.07, 6.45) is 12.9. The van der Waals surface area contributed by atoms with Gasteiger partial charge in [-0.1, -0.05) is 31.7 Å². The van der Waals surface area contributed by atoms with Gasteiger partial charge in [-0.3, -0.25) is 0 Å². The van der Waals surface area contributed by atoms with Crippen molar-refractivity contribution in [3.8, 4) is 23.0 Å². The van der Waals surface area contributed by atoms with Crippen LogP contribution in [-0.4, -0.2) is 37.8 Å². The van der Waals surface area contributed by atoms with E-state index in [9.17, 15) is 0 Å². The molecule has 0 bridgehead atoms. The predicted octanol–water partition coefficient (Wildman–Crippen LogP) is 7.20. The molecule has 3 heterocycles. The number of hydrogen-bond acceptors (Lipinski definition) is 5. The molecule has 0 spiro atoms. The molecule has 0 radical (unpaired) electrons. The lowest BCUT2D eigenvalue weighted by Crippen LogP contribution is -2.38. The van der Waals surface area contributed by atoms with Crippen molar-refractivity contribution in [2.45, 2.75) is 63.8 Å². The van der Waals surface area contributed by atoms with Crippen molar-refractivity contribution >= 4 is 23.4 Å². The normalized spacial score (nSPS) is 20.0. The quantitative estimate of drug-likeness (QED) is 0.264. The third-order valence-corrected chi connectivity index (χ3v) is 8.53. The molecule has 0 saturated heterocycles. The van der Waals surface area contributed by atoms with Gasteiger partial charge in [-0.05, 0) is 73.4 Å². The summed E-state index contributed by atoms with van der Waals surface area (Å²) in [7, 11) is 1.75. The first-order valence-electron chi connectivity index (χ1n) is 13.6. The molecule has 0 amide bonds. The maximum absolute atomic E-state index is 6.56. The summed E-state index contributed by atoms with van der Waals surface area (Å²) >= 11 is 5.85. The highest BCUT2D eigenvalue weighted by molar-refractivity contribution is 6.17. The highest BCUT2D eigenvalue weighted by Crippen LogP contribution is 2.54. The van der Waals surface area contributed by atoms with Gasteiger partial charge >= 0.3 is 0 Å². The van der Waals surface area contributed by atoms with Crippen molar-refractivity contribution < 1.29 is 18.9 Å². The van der Waals surface area contributed by atoms with Crippen molar-refractivity contribution in [1.29, 1.82) is 0 Å². The fraction of sp³-hybridized carbons (Fsp3) is 0.533. The Labute approximate surface area is 219 Å². The minimum atomic E-state index is 0.294. The molecule has 1 fully saturated rings. The lowest BCUT2D eigenvalue weighted by atomic mass is 9.80. The van der Waals surface area contributed by atoms with Crippen LogP contribution < -0.4 is 18.9 Å². The molecule has 0 unspecified atom stereocenters. The second kappa shape index (κ2) is 10.5. The van der Waals surface area contributed by atoms with Crippen molar-refractivity contribution in [3.63, 3.8) is 0 Å². The lowest BCUT2D eigenvalue weighted by Gasteiger charge is -2.46. The van der Waals surface area contributed by atoms with Gasteiger partial charge in [-0.25, -0.2) is 0 Å². The average Bonchev–Trinajstić information content (AvgIpc) is 3.60. The number of unbranched alkanes of at least 4 members (excludes halogenated alkanes) is 3. The molecule has 1 aliphatic carbocycles. The highest BCUT2D eigenvalue weighted by atomic mass is 35.5. The third kappa shape index (κ3) is 4.30. The van der Waals surface area contributed by atoms with Gasteiger partial charge in [0.05, 0.1) is 19.8 Å². The Kier molecular flexibility index (Phi) is 6.92. The summed E-state index contributed by atoms with van der Waals surface area (Å²) in [5.74, 6) is 4.86. The van der Waals surface area contributed by atoms with Crippen LogP contribution in [0.4, 0.5) is 0 Å². The topological polar surface area (TPSA) is 40.2 Å². The molecule has 2 aromatic carbocycles. The maximum Gasteiger partial charge on any atom is 0.231 e. The molecule has 192 valence electrons. The molecule has 36 heavy (non-hydrogen) atoms. The molecule has 4 aliphatic rings. The van der Waals surface area contributed by atoms with E-state index in [-0.39, 0.29) is 0 Å². The maximum atomic E-state index is 6.56. The molecular formula is C30H36ClNO4. The molecule has 1 atom stereocenters. The molecule has 6 rings (SSSR count). The van der Waals surface area contributed by atoms with Crippen LogP contribution in [0.25, 0.3) is 11.8 Å². The summed E-state index contributed by atoms with van der Waals surface area (Å²) in [4.78, 5) is 2.65. The number of halogens is 1. The first-order chi connectivity index (χ1) is 17.8. The van der Waals surface area contributed by atoms with Gasteiger partial charge < -0.3 is 23.8 Å². The Morgan fingerprint density at radius 3 is 2.64 bits per heavy atom. The van der Waals surface area contributed by atoms with Crippen molar-refractivity contribution in [2.75, 3.05) is 32.9 Å². The summed E-state index contributed by atoms with van der Waals surface area (Å²) in [6, 6.07) is 8.96. The van der Waals surface area contributed by atoms with E-state index in [0.29, 0.717) is 25.4 Å². The van der Waals surface area contributed by atoms with Gasteiger partial charge in [0, 0.05) is 29.2 Å². The van der Waals surface area contributed by atoms with E-state index < -0.39 is 0 Å². The molecular weight excluding hydrogens is 474 g/mol. The van der Waals surface area contributed by atoms with E-state index >= 15 is 0 Å². The van der Waals surface area contributed by atoms with Crippen molar-refractivity contribution in [1.82, 2.24) is 4.90 Å². The molecule has 0 aromatic heterocycles. The number of benzene rings is 2. The minimum Gasteiger partial charge on any atom is -0.493 e. The smallest absolute Gasteiger partial charge is 0.231 e. The first-order valence-corrected chi connectivity index (χ1v) is 14.1. The zero-order chi connectivity index (χ0) is 24.5. The zero-order valence-corrected chi connectivity index (χ0v) is 21.9. The summed E-state index contributed by atoms with van der Waals surface area (Å²) in [5.41, 5.74) is 6.49. The molecule has 5 nitrogen and oxygen atoms in total. The van der Waals surface area contributed by atoms with Crippen LogP contribution in [-0.2, 0) is 6.42 Å². The van der Waals surface area contributed by atoms with Gasteiger partial charge in [0.15, 0.2) is 23.0 Å². The number of hydrogen-bond donors (Lipinski definition) is 0. The molecule has 0 N–H and O–H groups in total. The van der Waals surface area contributed by atoms with E-state index in [2.05, 4.69) is 35.2 Å². The zero-order valence-electron chi connectivity index (χ0n) is 21.2. The largest absolute Gasteiger partial charge is 0.493 e. The van der Waals surface area contributed by atoms with Crippen molar-refractivity contribution in [3.05, 3.63) is 46.5 Å². The van der Waals surface area contributed by atoms with E-state index in [1.807, 2.05) is 0 Å². The van der Waals surface area contributed by atoms with Crippen LogP contribution in [0.1, 0.15) is 79.7 Å². The molecule has 1 saturated carbocycles. The fourth-order valence-electron chi connectivity index (χ4n) is 6.52. The van der Waals surface area contributed by atoms with Crippen LogP contribution in [0.2, 0.25) is 0 Å². The Balaban J connectivity index is 1.40. The van der Waals surface area contributed by atoms with Crippen LogP contribution >= 0.6 is 11.6 Å². The van der Waals surface area contributed by atoms with E-state index in [1.54, 1.807) is 7.11 Å². The van der Waals surface area contributed by atoms with Crippen LogP contribution in [0, 0.1) is 5.92 Å². The van der Waals surface area contributed by atoms with Gasteiger partial charge in [-0.2, -0.15) is 0 Å². The number of alkyl halides is 1. The predicted molar refractivity (Wildman–Crippen MR) is 143 cm³/mol. The SMILES string of the molecule is COc1ccc2c(c1OCCCCCCCl)[C@H](C1CCCC1)N1CCc3cc4c(cc3C1=C2)OCO4. The highest BCUT2D eigenvalue weighted by Gasteiger charge is 2.41. The molecule has 2 aromatic rings. The second-order valence-corrected chi connectivity index (χ2v) is 10.8. The fourth-order valence-corrected chi connectivity index (χ4v) is 6.71. The van der Waals surface area contributed by atoms with Gasteiger partial charge in [0.2, 0.25) is 6.79 Å². The van der Waals surface area contributed by atoms with Crippen LogP contribution in [0.3, 0.4) is 0 Å². The van der Waals surface area contributed by atoms with Crippen molar-refractivity contribution in [2.24, 2.45) is 5.92 Å². The number of rotatable bonds is 9. The van der Waals surface area contributed by atoms with Gasteiger partial charge in [0.25, 0.3) is 0 Å². The Morgan fingerprint density at radius 1 is 1.03 bits per heavy atom. The number of methoxy groups -OCH3 is 1. The molecule has 6 heteroatoms. The van der Waals surface area contributed by atoms with E-state index in [4.69, 9.17) is 30.5 Å². The third-order valence-electron chi connectivity index (χ3n) is 8.26. The van der Waals surface area contributed by atoms with E-state index in [1.165, 1.54) is 53.6 Å². The summed E-state index contributed by atoms with van der Waals surface area (Å²) in [5, 5.41) is 0. The summed E-state index contributed by atoms with van der Waals surface area (Å²) in [6.45, 7) is 2.00. The Hall–Kier alpha value is -2.53. The van der Waals surface area contributed by atoms with E-state index in [0.717, 1.165) is 67.5 Å². The first kappa shape index (κ1) is 23.8. The number of ether oxygens (including phenoxy) is 4. The monoisotopic (exact) mass is 509 g/mol. The molecule has 3 aliphatic heterocycles. The summed E-state index contributed by atoms with van der Waals surface area (Å²) < 4.78 is 23.8.